The summed E-state index contributed by atoms with van der Waals surface area (Å²) in [5.41, 5.74) is 0. The number of carboxylic acids is 1. The Hall–Kier alpha value is -0.100. The van der Waals surface area contributed by atoms with E-state index >= 15 is 0 Å². The number of hydrogen-bond acceptors (Lipinski definition) is 3. The van der Waals surface area contributed by atoms with Gasteiger partial charge in [0.15, 0.2) is 12.2 Å². The minimum absolute atomic E-state index is 0. The van der Waals surface area contributed by atoms with E-state index in [4.69, 9.17) is 9.84 Å². The van der Waals surface area contributed by atoms with Crippen LogP contribution >= 0.6 is 0 Å². The average molecular weight is 237 g/mol. The van der Waals surface area contributed by atoms with Gasteiger partial charge in [-0.1, -0.05) is 19.3 Å². The first kappa shape index (κ1) is 14.0. The van der Waals surface area contributed by atoms with Crippen molar-refractivity contribution in [1.82, 2.24) is 5.32 Å². The summed E-state index contributed by atoms with van der Waals surface area (Å²) < 4.78 is 4.77. The zero-order valence-electron chi connectivity index (χ0n) is 10.4. The van der Waals surface area contributed by atoms with E-state index in [0.717, 1.165) is 25.7 Å². The first-order chi connectivity index (χ1) is 7.18. The van der Waals surface area contributed by atoms with Crippen molar-refractivity contribution >= 4 is 11.9 Å². The predicted octanol–water partition coefficient (Wildman–Crippen LogP) is -2.60. The first-order valence-corrected chi connectivity index (χ1v) is 5.37. The Morgan fingerprint density at radius 1 is 1.19 bits per heavy atom. The molecule has 2 N–H and O–H groups in total. The van der Waals surface area contributed by atoms with E-state index in [1.165, 1.54) is 6.42 Å². The second kappa shape index (κ2) is 6.00. The molecule has 0 aromatic heterocycles. The number of carbonyl (C=O) groups is 2. The summed E-state index contributed by atoms with van der Waals surface area (Å²) in [5.74, 6) is -1.33. The van der Waals surface area contributed by atoms with Crippen LogP contribution in [0.1, 0.15) is 33.5 Å². The summed E-state index contributed by atoms with van der Waals surface area (Å²) in [5, 5.41) is 11.4. The Bertz CT molecular complexity index is 283. The number of carbonyl (C=O) groups excluding carboxylic acids is 1. The Balaban J connectivity index is 0.00000128. The number of amides is 1. The molecule has 0 spiro atoms. The third kappa shape index (κ3) is 3.45. The Kier molecular flexibility index (Phi) is 5.24. The molecule has 1 aliphatic carbocycles. The summed E-state index contributed by atoms with van der Waals surface area (Å²) in [6.45, 7) is 0. The molecule has 2 unspecified atom stereocenters. The van der Waals surface area contributed by atoms with Crippen LogP contribution in [0.4, 0.5) is 0 Å². The van der Waals surface area contributed by atoms with Crippen molar-refractivity contribution in [2.24, 2.45) is 0 Å². The molecule has 2 aliphatic rings. The number of carboxylic acid groups (broad SMARTS) is 1. The standard InChI is InChI=1S/C10H15NO4.Na.H/c12-9(7-8(15-7)10(13)14)11-6-4-2-1-3-5-6;;/h6-8H,1-5H2,(H,11,12)(H,13,14);;/q;+1;-1. The molecule has 2 fully saturated rings. The molecule has 0 aromatic rings. The molecular formula is C10H16NNaO4. The van der Waals surface area contributed by atoms with Crippen LogP contribution < -0.4 is 34.9 Å². The fraction of sp³-hybridized carbons (Fsp3) is 0.800. The molecular weight excluding hydrogens is 221 g/mol. The predicted molar refractivity (Wildman–Crippen MR) is 52.4 cm³/mol. The number of rotatable bonds is 3. The van der Waals surface area contributed by atoms with Crippen LogP contribution in [0.15, 0.2) is 0 Å². The van der Waals surface area contributed by atoms with Gasteiger partial charge in [0.2, 0.25) is 0 Å². The number of nitrogens with one attached hydrogen (secondary N) is 1. The summed E-state index contributed by atoms with van der Waals surface area (Å²) in [6, 6.07) is 0.213. The van der Waals surface area contributed by atoms with Crippen molar-refractivity contribution in [3.05, 3.63) is 0 Å². The largest absolute Gasteiger partial charge is 1.00 e. The quantitative estimate of drug-likeness (QED) is 0.417. The van der Waals surface area contributed by atoms with Crippen molar-refractivity contribution in [3.63, 3.8) is 0 Å². The van der Waals surface area contributed by atoms with Crippen molar-refractivity contribution in [1.29, 1.82) is 0 Å². The van der Waals surface area contributed by atoms with Gasteiger partial charge in [0, 0.05) is 6.04 Å². The van der Waals surface area contributed by atoms with E-state index in [9.17, 15) is 9.59 Å². The van der Waals surface area contributed by atoms with Gasteiger partial charge >= 0.3 is 35.5 Å². The summed E-state index contributed by atoms with van der Waals surface area (Å²) >= 11 is 0. The van der Waals surface area contributed by atoms with E-state index in [1.54, 1.807) is 0 Å². The molecule has 5 nitrogen and oxygen atoms in total. The summed E-state index contributed by atoms with van der Waals surface area (Å²) in [7, 11) is 0. The van der Waals surface area contributed by atoms with Crippen molar-refractivity contribution in [2.45, 2.75) is 50.4 Å². The smallest absolute Gasteiger partial charge is 1.00 e. The van der Waals surface area contributed by atoms with Crippen LogP contribution in [0.3, 0.4) is 0 Å². The van der Waals surface area contributed by atoms with E-state index < -0.39 is 18.2 Å². The van der Waals surface area contributed by atoms with Crippen molar-refractivity contribution in [2.75, 3.05) is 0 Å². The third-order valence-electron chi connectivity index (χ3n) is 2.94. The zero-order valence-corrected chi connectivity index (χ0v) is 11.4. The van der Waals surface area contributed by atoms with E-state index in [2.05, 4.69) is 5.32 Å². The number of epoxide rings is 1. The number of aliphatic carboxylic acids is 1. The Labute approximate surface area is 118 Å². The molecule has 1 heterocycles. The minimum Gasteiger partial charge on any atom is -1.00 e. The molecule has 2 rings (SSSR count). The van der Waals surface area contributed by atoms with Gasteiger partial charge in [0.25, 0.3) is 5.91 Å². The molecule has 2 atom stereocenters. The molecule has 1 saturated carbocycles. The molecule has 0 bridgehead atoms. The molecule has 86 valence electrons. The molecule has 6 heteroatoms. The van der Waals surface area contributed by atoms with Crippen molar-refractivity contribution < 1.29 is 50.4 Å². The average Bonchev–Trinajstić information content (AvgIpc) is 2.98. The van der Waals surface area contributed by atoms with Gasteiger partial charge in [0.1, 0.15) is 0 Å². The first-order valence-electron chi connectivity index (χ1n) is 5.37. The molecule has 1 amide bonds. The molecule has 0 aromatic carbocycles. The summed E-state index contributed by atoms with van der Waals surface area (Å²) in [6.07, 6.45) is 3.81. The summed E-state index contributed by atoms with van der Waals surface area (Å²) in [4.78, 5) is 22.0. The van der Waals surface area contributed by atoms with Crippen LogP contribution in [-0.2, 0) is 14.3 Å². The van der Waals surface area contributed by atoms with Crippen LogP contribution in [0.5, 0.6) is 0 Å². The fourth-order valence-corrected chi connectivity index (χ4v) is 2.03. The molecule has 0 radical (unpaired) electrons. The van der Waals surface area contributed by atoms with Gasteiger partial charge in [-0.15, -0.1) is 0 Å². The maximum atomic E-state index is 11.5. The zero-order chi connectivity index (χ0) is 10.8. The second-order valence-electron chi connectivity index (χ2n) is 4.16. The monoisotopic (exact) mass is 237 g/mol. The molecule has 16 heavy (non-hydrogen) atoms. The second-order valence-corrected chi connectivity index (χ2v) is 4.16. The van der Waals surface area contributed by atoms with Crippen LogP contribution in [0.25, 0.3) is 0 Å². The van der Waals surface area contributed by atoms with E-state index in [1.807, 2.05) is 0 Å². The van der Waals surface area contributed by atoms with Crippen LogP contribution in [-0.4, -0.2) is 35.2 Å². The molecule has 1 aliphatic heterocycles. The topological polar surface area (TPSA) is 78.9 Å². The third-order valence-corrected chi connectivity index (χ3v) is 2.94. The maximum absolute atomic E-state index is 11.5. The molecule has 1 saturated heterocycles. The SMILES string of the molecule is O=C(O)C1OC1C(=O)NC1CCCCC1.[H-].[Na+]. The Morgan fingerprint density at radius 3 is 2.31 bits per heavy atom. The number of hydrogen-bond donors (Lipinski definition) is 2. The Morgan fingerprint density at radius 2 is 1.81 bits per heavy atom. The number of ether oxygens (including phenoxy) is 1. The van der Waals surface area contributed by atoms with Gasteiger partial charge in [-0.25, -0.2) is 4.79 Å². The van der Waals surface area contributed by atoms with Crippen molar-refractivity contribution in [3.8, 4) is 0 Å². The maximum Gasteiger partial charge on any atom is 1.00 e. The normalized spacial score (nSPS) is 29.0. The van der Waals surface area contributed by atoms with Gasteiger partial charge < -0.3 is 16.6 Å². The van der Waals surface area contributed by atoms with E-state index in [-0.39, 0.29) is 42.9 Å². The van der Waals surface area contributed by atoms with Gasteiger partial charge in [0.05, 0.1) is 0 Å². The fourth-order valence-electron chi connectivity index (χ4n) is 2.03. The van der Waals surface area contributed by atoms with Gasteiger partial charge in [-0.3, -0.25) is 4.79 Å². The van der Waals surface area contributed by atoms with Crippen LogP contribution in [0, 0.1) is 0 Å². The van der Waals surface area contributed by atoms with Gasteiger partial charge in [-0.05, 0) is 12.8 Å². The van der Waals surface area contributed by atoms with Gasteiger partial charge in [-0.2, -0.15) is 0 Å². The van der Waals surface area contributed by atoms with Crippen LogP contribution in [0.2, 0.25) is 0 Å². The minimum atomic E-state index is -1.06. The van der Waals surface area contributed by atoms with E-state index in [0.29, 0.717) is 0 Å².